The number of nitrogens with one attached hydrogen (secondary N) is 2. The molecule has 0 radical (unpaired) electrons. The molecule has 142 valence electrons. The number of H-pyrrole nitrogens is 1. The molecule has 3 heterocycles. The molecule has 0 spiro atoms. The summed E-state index contributed by atoms with van der Waals surface area (Å²) in [6, 6.07) is 0. The largest absolute Gasteiger partial charge is 0.300 e. The zero-order chi connectivity index (χ0) is 18.8. The van der Waals surface area contributed by atoms with E-state index < -0.39 is 0 Å². The molecule has 0 bridgehead atoms. The number of amides is 1. The minimum absolute atomic E-state index is 0.0871. The monoisotopic (exact) mass is 423 g/mol. The average molecular weight is 424 g/mol. The van der Waals surface area contributed by atoms with Crippen LogP contribution in [0.1, 0.15) is 31.0 Å². The van der Waals surface area contributed by atoms with Crippen molar-refractivity contribution in [2.75, 3.05) is 16.8 Å². The molecule has 1 amide bonds. The van der Waals surface area contributed by atoms with Crippen LogP contribution in [0.2, 0.25) is 0 Å². The summed E-state index contributed by atoms with van der Waals surface area (Å²) in [7, 11) is 0. The summed E-state index contributed by atoms with van der Waals surface area (Å²) in [6.45, 7) is 2.04. The lowest BCUT2D eigenvalue weighted by Crippen LogP contribution is -2.23. The number of aryl methyl sites for hydroxylation is 1. The molecule has 0 atom stereocenters. The summed E-state index contributed by atoms with van der Waals surface area (Å²) in [5.74, 6) is 1.32. The topological polar surface area (TPSA) is 118 Å². The van der Waals surface area contributed by atoms with E-state index in [1.54, 1.807) is 11.8 Å². The molecule has 9 nitrogen and oxygen atoms in total. The van der Waals surface area contributed by atoms with Crippen LogP contribution in [-0.4, -0.2) is 47.2 Å². The first-order chi connectivity index (χ1) is 13.2. The van der Waals surface area contributed by atoms with Gasteiger partial charge in [-0.2, -0.15) is 0 Å². The molecule has 3 aromatic rings. The van der Waals surface area contributed by atoms with Crippen molar-refractivity contribution in [3.63, 3.8) is 0 Å². The first-order valence-corrected chi connectivity index (χ1v) is 11.3. The second-order valence-electron chi connectivity index (χ2n) is 5.87. The minimum atomic E-state index is -0.181. The van der Waals surface area contributed by atoms with Crippen LogP contribution in [0.15, 0.2) is 14.3 Å². The Labute approximate surface area is 166 Å². The van der Waals surface area contributed by atoms with Crippen LogP contribution in [0.3, 0.4) is 0 Å². The number of fused-ring (bicyclic) bond motifs is 3. The van der Waals surface area contributed by atoms with Gasteiger partial charge in [0.25, 0.3) is 5.56 Å². The fourth-order valence-electron chi connectivity index (χ4n) is 2.97. The molecule has 4 rings (SSSR count). The number of rotatable bonds is 6. The lowest BCUT2D eigenvalue weighted by Gasteiger charge is -2.16. The predicted octanol–water partition coefficient (Wildman–Crippen LogP) is 1.99. The van der Waals surface area contributed by atoms with Gasteiger partial charge in [-0.05, 0) is 31.4 Å². The minimum Gasteiger partial charge on any atom is -0.300 e. The average Bonchev–Trinajstić information content (AvgIpc) is 3.27. The predicted molar refractivity (Wildman–Crippen MR) is 106 cm³/mol. The molecule has 0 saturated heterocycles. The van der Waals surface area contributed by atoms with Crippen molar-refractivity contribution >= 4 is 51.7 Å². The Balaban J connectivity index is 1.48. The molecule has 1 aliphatic rings. The Morgan fingerprint density at radius 3 is 2.93 bits per heavy atom. The molecule has 12 heteroatoms. The first kappa shape index (κ1) is 18.4. The van der Waals surface area contributed by atoms with Crippen LogP contribution < -0.4 is 10.9 Å². The highest BCUT2D eigenvalue weighted by Crippen LogP contribution is 2.26. The van der Waals surface area contributed by atoms with Gasteiger partial charge in [0, 0.05) is 11.3 Å². The smallest absolute Gasteiger partial charge is 0.255 e. The summed E-state index contributed by atoms with van der Waals surface area (Å²) in [4.78, 5) is 27.2. The number of nitrogens with zero attached hydrogens (tertiary/aromatic N) is 5. The maximum Gasteiger partial charge on any atom is 0.255 e. The number of aromatic amines is 1. The van der Waals surface area contributed by atoms with E-state index in [2.05, 4.69) is 30.7 Å². The molecule has 0 saturated carbocycles. The fourth-order valence-corrected chi connectivity index (χ4v) is 5.39. The fraction of sp³-hybridized carbons (Fsp3) is 0.467. The number of thioether (sulfide) groups is 2. The van der Waals surface area contributed by atoms with Gasteiger partial charge in [-0.15, -0.1) is 20.4 Å². The first-order valence-electron chi connectivity index (χ1n) is 8.54. The molecule has 2 N–H and O–H groups in total. The SMILES string of the molecule is CCSc1nnc(NC(=O)CSc2nnc3[nH]c(=O)c4c(n23)CCCC4)s1. The van der Waals surface area contributed by atoms with E-state index in [1.165, 1.54) is 23.1 Å². The van der Waals surface area contributed by atoms with Gasteiger partial charge in [-0.1, -0.05) is 41.8 Å². The summed E-state index contributed by atoms with van der Waals surface area (Å²) in [5.41, 5.74) is 1.67. The van der Waals surface area contributed by atoms with Crippen LogP contribution in [0, 0.1) is 0 Å². The Morgan fingerprint density at radius 2 is 2.07 bits per heavy atom. The van der Waals surface area contributed by atoms with Gasteiger partial charge < -0.3 is 0 Å². The third-order valence-electron chi connectivity index (χ3n) is 4.09. The van der Waals surface area contributed by atoms with E-state index in [0.29, 0.717) is 16.1 Å². The van der Waals surface area contributed by atoms with Crippen molar-refractivity contribution in [1.82, 2.24) is 29.8 Å². The normalized spacial score (nSPS) is 13.7. The Kier molecular flexibility index (Phi) is 5.45. The van der Waals surface area contributed by atoms with Crippen molar-refractivity contribution in [3.8, 4) is 0 Å². The number of hydrogen-bond acceptors (Lipinski definition) is 9. The maximum atomic E-state index is 12.2. The van der Waals surface area contributed by atoms with Crippen LogP contribution in [0.4, 0.5) is 5.13 Å². The zero-order valence-electron chi connectivity index (χ0n) is 14.5. The molecule has 3 aromatic heterocycles. The molecule has 27 heavy (non-hydrogen) atoms. The van der Waals surface area contributed by atoms with E-state index in [4.69, 9.17) is 0 Å². The summed E-state index contributed by atoms with van der Waals surface area (Å²) in [6.07, 6.45) is 3.62. The van der Waals surface area contributed by atoms with Crippen LogP contribution in [0.25, 0.3) is 5.78 Å². The number of carbonyl (C=O) groups is 1. The van der Waals surface area contributed by atoms with E-state index in [1.807, 2.05) is 11.3 Å². The zero-order valence-corrected chi connectivity index (χ0v) is 17.0. The quantitative estimate of drug-likeness (QED) is 0.456. The molecule has 0 aromatic carbocycles. The molecule has 1 aliphatic carbocycles. The third-order valence-corrected chi connectivity index (χ3v) is 6.88. The molecule has 0 aliphatic heterocycles. The molecule has 0 unspecified atom stereocenters. The van der Waals surface area contributed by atoms with Crippen molar-refractivity contribution in [2.45, 2.75) is 42.1 Å². The van der Waals surface area contributed by atoms with Crippen LogP contribution in [-0.2, 0) is 17.6 Å². The summed E-state index contributed by atoms with van der Waals surface area (Å²) < 4.78 is 2.70. The lowest BCUT2D eigenvalue weighted by atomic mass is 9.97. The van der Waals surface area contributed by atoms with Crippen molar-refractivity contribution < 1.29 is 4.79 Å². The lowest BCUT2D eigenvalue weighted by molar-refractivity contribution is -0.113. The van der Waals surface area contributed by atoms with Gasteiger partial charge >= 0.3 is 0 Å². The van der Waals surface area contributed by atoms with E-state index in [-0.39, 0.29) is 17.2 Å². The molecular formula is C15H17N7O2S3. The summed E-state index contributed by atoms with van der Waals surface area (Å²) >= 11 is 4.23. The Morgan fingerprint density at radius 1 is 1.22 bits per heavy atom. The van der Waals surface area contributed by atoms with Gasteiger partial charge in [0.05, 0.1) is 5.75 Å². The second kappa shape index (κ2) is 7.98. The van der Waals surface area contributed by atoms with Gasteiger partial charge in [0.2, 0.25) is 16.8 Å². The van der Waals surface area contributed by atoms with E-state index in [9.17, 15) is 9.59 Å². The highest BCUT2D eigenvalue weighted by molar-refractivity contribution is 8.01. The maximum absolute atomic E-state index is 12.2. The third kappa shape index (κ3) is 3.87. The number of aromatic nitrogens is 6. The van der Waals surface area contributed by atoms with E-state index >= 15 is 0 Å². The standard InChI is InChI=1S/C15H17N7O2S3/c1-2-25-15-21-19-13(27-15)16-10(23)7-26-14-20-18-12-17-11(24)8-5-3-4-6-9(8)22(12)14/h2-7H2,1H3,(H,16,19,23)(H,17,18,24). The van der Waals surface area contributed by atoms with Crippen molar-refractivity contribution in [2.24, 2.45) is 0 Å². The Bertz CT molecular complexity index is 1040. The van der Waals surface area contributed by atoms with Gasteiger partial charge in [-0.25, -0.2) is 0 Å². The van der Waals surface area contributed by atoms with Crippen molar-refractivity contribution in [3.05, 3.63) is 21.6 Å². The second-order valence-corrected chi connectivity index (χ2v) is 9.30. The van der Waals surface area contributed by atoms with Crippen LogP contribution >= 0.6 is 34.9 Å². The van der Waals surface area contributed by atoms with E-state index in [0.717, 1.165) is 47.0 Å². The number of hydrogen-bond donors (Lipinski definition) is 2. The number of carbonyl (C=O) groups excluding carboxylic acids is 1. The van der Waals surface area contributed by atoms with Gasteiger partial charge in [0.1, 0.15) is 0 Å². The molecule has 0 fully saturated rings. The van der Waals surface area contributed by atoms with Gasteiger partial charge in [0.15, 0.2) is 9.50 Å². The summed E-state index contributed by atoms with van der Waals surface area (Å²) in [5, 5.41) is 20.0. The number of anilines is 1. The highest BCUT2D eigenvalue weighted by Gasteiger charge is 2.21. The van der Waals surface area contributed by atoms with Crippen LogP contribution in [0.5, 0.6) is 0 Å². The Hall–Kier alpha value is -1.92. The van der Waals surface area contributed by atoms with Crippen molar-refractivity contribution in [1.29, 1.82) is 0 Å². The highest BCUT2D eigenvalue weighted by atomic mass is 32.2. The van der Waals surface area contributed by atoms with Gasteiger partial charge in [-0.3, -0.25) is 24.3 Å². The molecular weight excluding hydrogens is 406 g/mol.